The standard InChI is InChI=1S/C13H9Br2NO2S/c14-9-3-8(5-16-6-9)7-19-10-1-2-12(15)11(4-10)13(17)18/h1-6H,7H2,(H,17,18). The van der Waals surface area contributed by atoms with Gasteiger partial charge in [-0.2, -0.15) is 0 Å². The number of rotatable bonds is 4. The van der Waals surface area contributed by atoms with E-state index in [0.717, 1.165) is 20.7 Å². The smallest absolute Gasteiger partial charge is 0.336 e. The second-order valence-electron chi connectivity index (χ2n) is 3.75. The fourth-order valence-corrected chi connectivity index (χ4v) is 3.14. The maximum Gasteiger partial charge on any atom is 0.336 e. The van der Waals surface area contributed by atoms with Crippen LogP contribution in [0, 0.1) is 0 Å². The second-order valence-corrected chi connectivity index (χ2v) is 6.57. The zero-order valence-corrected chi connectivity index (χ0v) is 13.6. The number of hydrogen-bond acceptors (Lipinski definition) is 3. The molecule has 2 rings (SSSR count). The van der Waals surface area contributed by atoms with Crippen molar-refractivity contribution in [3.63, 3.8) is 0 Å². The Bertz CT molecular complexity index is 619. The summed E-state index contributed by atoms with van der Waals surface area (Å²) in [5.41, 5.74) is 1.36. The first kappa shape index (κ1) is 14.6. The van der Waals surface area contributed by atoms with Gasteiger partial charge >= 0.3 is 5.97 Å². The summed E-state index contributed by atoms with van der Waals surface area (Å²) < 4.78 is 1.53. The summed E-state index contributed by atoms with van der Waals surface area (Å²) in [6.45, 7) is 0. The van der Waals surface area contributed by atoms with E-state index in [1.165, 1.54) is 0 Å². The van der Waals surface area contributed by atoms with E-state index in [0.29, 0.717) is 4.47 Å². The number of pyridine rings is 1. The first-order valence-corrected chi connectivity index (χ1v) is 7.88. The minimum atomic E-state index is -0.932. The number of aromatic carboxylic acids is 1. The predicted molar refractivity (Wildman–Crippen MR) is 82.6 cm³/mol. The van der Waals surface area contributed by atoms with E-state index in [-0.39, 0.29) is 5.56 Å². The molecule has 0 bridgehead atoms. The van der Waals surface area contributed by atoms with Gasteiger partial charge in [-0.25, -0.2) is 4.79 Å². The van der Waals surface area contributed by atoms with Crippen LogP contribution in [0.25, 0.3) is 0 Å². The quantitative estimate of drug-likeness (QED) is 0.759. The van der Waals surface area contributed by atoms with Crippen molar-refractivity contribution in [2.45, 2.75) is 10.6 Å². The lowest BCUT2D eigenvalue weighted by atomic mass is 10.2. The number of aromatic nitrogens is 1. The topological polar surface area (TPSA) is 50.2 Å². The molecular weight excluding hydrogens is 394 g/mol. The lowest BCUT2D eigenvalue weighted by Gasteiger charge is -2.05. The molecule has 1 aromatic heterocycles. The molecule has 0 atom stereocenters. The number of carbonyl (C=O) groups is 1. The molecule has 0 amide bonds. The third-order valence-corrected chi connectivity index (χ3v) is 4.53. The Balaban J connectivity index is 2.12. The number of carboxylic acid groups (broad SMARTS) is 1. The first-order valence-electron chi connectivity index (χ1n) is 5.31. The van der Waals surface area contributed by atoms with Gasteiger partial charge in [0.05, 0.1) is 5.56 Å². The van der Waals surface area contributed by atoms with Crippen LogP contribution in [0.15, 0.2) is 50.5 Å². The predicted octanol–water partition coefficient (Wildman–Crippen LogP) is 4.60. The van der Waals surface area contributed by atoms with Gasteiger partial charge in [0, 0.05) is 32.0 Å². The van der Waals surface area contributed by atoms with Crippen LogP contribution in [-0.2, 0) is 5.75 Å². The normalized spacial score (nSPS) is 10.4. The first-order chi connectivity index (χ1) is 9.06. The lowest BCUT2D eigenvalue weighted by Crippen LogP contribution is -1.97. The van der Waals surface area contributed by atoms with Crippen LogP contribution in [0.3, 0.4) is 0 Å². The van der Waals surface area contributed by atoms with E-state index in [4.69, 9.17) is 5.11 Å². The lowest BCUT2D eigenvalue weighted by molar-refractivity contribution is 0.0695. The maximum absolute atomic E-state index is 11.0. The van der Waals surface area contributed by atoms with Crippen molar-refractivity contribution in [3.8, 4) is 0 Å². The van der Waals surface area contributed by atoms with Crippen molar-refractivity contribution in [1.29, 1.82) is 0 Å². The summed E-state index contributed by atoms with van der Waals surface area (Å²) in [5.74, 6) is -0.189. The highest BCUT2D eigenvalue weighted by Crippen LogP contribution is 2.27. The highest BCUT2D eigenvalue weighted by atomic mass is 79.9. The van der Waals surface area contributed by atoms with Crippen molar-refractivity contribution >= 4 is 49.6 Å². The maximum atomic E-state index is 11.0. The van der Waals surface area contributed by atoms with E-state index in [1.54, 1.807) is 36.3 Å². The van der Waals surface area contributed by atoms with E-state index < -0.39 is 5.97 Å². The number of nitrogens with zero attached hydrogens (tertiary/aromatic N) is 1. The van der Waals surface area contributed by atoms with Gasteiger partial charge in [0.1, 0.15) is 0 Å². The number of thioether (sulfide) groups is 1. The van der Waals surface area contributed by atoms with Crippen LogP contribution in [0.1, 0.15) is 15.9 Å². The van der Waals surface area contributed by atoms with Crippen molar-refractivity contribution < 1.29 is 9.90 Å². The Labute approximate surface area is 131 Å². The van der Waals surface area contributed by atoms with Crippen LogP contribution in [0.5, 0.6) is 0 Å². The molecule has 0 aliphatic rings. The molecule has 1 aromatic carbocycles. The molecule has 0 saturated heterocycles. The van der Waals surface area contributed by atoms with Gasteiger partial charge in [-0.05, 0) is 61.7 Å². The van der Waals surface area contributed by atoms with Crippen molar-refractivity contribution in [2.75, 3.05) is 0 Å². The van der Waals surface area contributed by atoms with Crippen molar-refractivity contribution in [2.24, 2.45) is 0 Å². The molecule has 0 saturated carbocycles. The Morgan fingerprint density at radius 3 is 2.74 bits per heavy atom. The van der Waals surface area contributed by atoms with Crippen molar-refractivity contribution in [3.05, 3.63) is 56.7 Å². The summed E-state index contributed by atoms with van der Waals surface area (Å²) in [5, 5.41) is 9.06. The monoisotopic (exact) mass is 401 g/mol. The van der Waals surface area contributed by atoms with Gasteiger partial charge in [0.2, 0.25) is 0 Å². The van der Waals surface area contributed by atoms with E-state index in [9.17, 15) is 4.79 Å². The molecule has 0 aliphatic carbocycles. The van der Waals surface area contributed by atoms with E-state index in [1.807, 2.05) is 12.1 Å². The number of benzene rings is 1. The average molecular weight is 403 g/mol. The fraction of sp³-hybridized carbons (Fsp3) is 0.0769. The average Bonchev–Trinajstić information content (AvgIpc) is 2.37. The van der Waals surface area contributed by atoms with Gasteiger partial charge < -0.3 is 5.11 Å². The SMILES string of the molecule is O=C(O)c1cc(SCc2cncc(Br)c2)ccc1Br. The zero-order valence-electron chi connectivity index (χ0n) is 9.64. The largest absolute Gasteiger partial charge is 0.478 e. The van der Waals surface area contributed by atoms with Crippen LogP contribution in [0.4, 0.5) is 0 Å². The summed E-state index contributed by atoms with van der Waals surface area (Å²) >= 11 is 8.18. The van der Waals surface area contributed by atoms with Gasteiger partial charge in [0.25, 0.3) is 0 Å². The van der Waals surface area contributed by atoms with Gasteiger partial charge in [0.15, 0.2) is 0 Å². The van der Waals surface area contributed by atoms with Crippen LogP contribution in [-0.4, -0.2) is 16.1 Å². The van der Waals surface area contributed by atoms with Gasteiger partial charge in [-0.15, -0.1) is 11.8 Å². The Kier molecular flexibility index (Phi) is 5.01. The highest BCUT2D eigenvalue weighted by Gasteiger charge is 2.09. The minimum Gasteiger partial charge on any atom is -0.478 e. The summed E-state index contributed by atoms with van der Waals surface area (Å²) in [6.07, 6.45) is 3.53. The molecule has 0 fully saturated rings. The molecule has 98 valence electrons. The fourth-order valence-electron chi connectivity index (χ4n) is 1.46. The molecular formula is C13H9Br2NO2S. The zero-order chi connectivity index (χ0) is 13.8. The molecule has 0 spiro atoms. The van der Waals surface area contributed by atoms with Gasteiger partial charge in [-0.1, -0.05) is 0 Å². The van der Waals surface area contributed by atoms with Crippen LogP contribution in [0.2, 0.25) is 0 Å². The number of hydrogen-bond donors (Lipinski definition) is 1. The molecule has 0 radical (unpaired) electrons. The van der Waals surface area contributed by atoms with Crippen molar-refractivity contribution in [1.82, 2.24) is 4.98 Å². The molecule has 0 aliphatic heterocycles. The third-order valence-electron chi connectivity index (χ3n) is 2.34. The number of carboxylic acids is 1. The van der Waals surface area contributed by atoms with Crippen LogP contribution < -0.4 is 0 Å². The Hall–Kier alpha value is -0.850. The van der Waals surface area contributed by atoms with E-state index >= 15 is 0 Å². The number of halogens is 2. The summed E-state index contributed by atoms with van der Waals surface area (Å²) in [7, 11) is 0. The molecule has 0 unspecified atom stereocenters. The third kappa shape index (κ3) is 4.06. The minimum absolute atomic E-state index is 0.275. The summed E-state index contributed by atoms with van der Waals surface area (Å²) in [6, 6.07) is 7.32. The Morgan fingerprint density at radius 2 is 2.05 bits per heavy atom. The van der Waals surface area contributed by atoms with E-state index in [2.05, 4.69) is 36.8 Å². The summed E-state index contributed by atoms with van der Waals surface area (Å²) in [4.78, 5) is 16.0. The molecule has 6 heteroatoms. The molecule has 19 heavy (non-hydrogen) atoms. The Morgan fingerprint density at radius 1 is 1.26 bits per heavy atom. The molecule has 3 nitrogen and oxygen atoms in total. The molecule has 1 heterocycles. The molecule has 1 N–H and O–H groups in total. The van der Waals surface area contributed by atoms with Gasteiger partial charge in [-0.3, -0.25) is 4.98 Å². The highest BCUT2D eigenvalue weighted by molar-refractivity contribution is 9.10. The van der Waals surface area contributed by atoms with Crippen LogP contribution >= 0.6 is 43.6 Å². The second kappa shape index (κ2) is 6.54. The molecule has 2 aromatic rings.